The molecule has 0 radical (unpaired) electrons. The summed E-state index contributed by atoms with van der Waals surface area (Å²) in [4.78, 5) is 11.7. The zero-order valence-electron chi connectivity index (χ0n) is 12.6. The minimum atomic E-state index is -0.193. The number of amides is 1. The number of hydrogen-bond donors (Lipinski definition) is 2. The van der Waals surface area contributed by atoms with Crippen LogP contribution in [-0.4, -0.2) is 11.0 Å². The topological polar surface area (TPSA) is 63.3 Å². The van der Waals surface area contributed by atoms with Crippen LogP contribution in [0.25, 0.3) is 0 Å². The van der Waals surface area contributed by atoms with Crippen molar-refractivity contribution in [3.63, 3.8) is 0 Å². The summed E-state index contributed by atoms with van der Waals surface area (Å²) in [5.74, 6) is 2.42. The van der Waals surface area contributed by atoms with Gasteiger partial charge in [-0.05, 0) is 78.9 Å². The smallest absolute Gasteiger partial charge is 0.217 e. The molecule has 4 aliphatic rings. The lowest BCUT2D eigenvalue weighted by Gasteiger charge is -2.61. The number of carbonyl (C=O) groups excluding carboxylic acids is 1. The fraction of sp³-hybridized carbons (Fsp3) is 0.611. The SMILES string of the molecule is NC(=O)CC12CC3CC(CC(C3)C1c1ccc(O)cc1Cl)C2. The number of nitrogens with two attached hydrogens (primary N) is 1. The Morgan fingerprint density at radius 1 is 1.27 bits per heavy atom. The Morgan fingerprint density at radius 2 is 1.95 bits per heavy atom. The van der Waals surface area contributed by atoms with Crippen molar-refractivity contribution in [2.24, 2.45) is 28.9 Å². The van der Waals surface area contributed by atoms with E-state index in [1.54, 1.807) is 12.1 Å². The number of phenols is 1. The van der Waals surface area contributed by atoms with Gasteiger partial charge in [0.2, 0.25) is 5.91 Å². The van der Waals surface area contributed by atoms with Crippen LogP contribution in [0.3, 0.4) is 0 Å². The number of halogens is 1. The highest BCUT2D eigenvalue weighted by atomic mass is 35.5. The molecular weight excluding hydrogens is 298 g/mol. The second kappa shape index (κ2) is 4.89. The number of hydrogen-bond acceptors (Lipinski definition) is 2. The highest BCUT2D eigenvalue weighted by Gasteiger charge is 2.57. The summed E-state index contributed by atoms with van der Waals surface area (Å²) in [5, 5.41) is 10.3. The predicted molar refractivity (Wildman–Crippen MR) is 85.7 cm³/mol. The van der Waals surface area contributed by atoms with Crippen LogP contribution in [0, 0.1) is 23.2 Å². The lowest BCUT2D eigenvalue weighted by Crippen LogP contribution is -2.52. The van der Waals surface area contributed by atoms with Crippen molar-refractivity contribution in [3.05, 3.63) is 28.8 Å². The summed E-state index contributed by atoms with van der Waals surface area (Å²) in [7, 11) is 0. The zero-order valence-corrected chi connectivity index (χ0v) is 13.4. The molecule has 5 rings (SSSR count). The van der Waals surface area contributed by atoms with Gasteiger partial charge in [-0.3, -0.25) is 4.79 Å². The third kappa shape index (κ3) is 2.13. The molecule has 3 atom stereocenters. The molecule has 118 valence electrons. The van der Waals surface area contributed by atoms with Gasteiger partial charge in [-0.1, -0.05) is 17.7 Å². The van der Waals surface area contributed by atoms with E-state index in [0.717, 1.165) is 30.2 Å². The number of primary amides is 1. The van der Waals surface area contributed by atoms with Gasteiger partial charge in [0.1, 0.15) is 5.75 Å². The van der Waals surface area contributed by atoms with Crippen molar-refractivity contribution in [1.29, 1.82) is 0 Å². The third-order valence-corrected chi connectivity index (χ3v) is 6.63. The Morgan fingerprint density at radius 3 is 2.55 bits per heavy atom. The second-order valence-electron chi connectivity index (χ2n) is 7.80. The van der Waals surface area contributed by atoms with Gasteiger partial charge in [0, 0.05) is 11.4 Å². The molecule has 4 bridgehead atoms. The van der Waals surface area contributed by atoms with Crippen LogP contribution >= 0.6 is 11.6 Å². The summed E-state index contributed by atoms with van der Waals surface area (Å²) in [6.45, 7) is 0. The maximum absolute atomic E-state index is 11.7. The standard InChI is InChI=1S/C18H22ClNO2/c19-15-6-13(21)1-2-14(15)17-12-4-10-3-11(5-12)8-18(17,7-10)9-16(20)22/h1-2,6,10-12,17,21H,3-5,7-9H2,(H2,20,22). The molecule has 0 aromatic heterocycles. The van der Waals surface area contributed by atoms with E-state index in [9.17, 15) is 9.90 Å². The molecular formula is C18H22ClNO2. The van der Waals surface area contributed by atoms with Crippen molar-refractivity contribution < 1.29 is 9.90 Å². The van der Waals surface area contributed by atoms with Crippen LogP contribution < -0.4 is 5.73 Å². The molecule has 22 heavy (non-hydrogen) atoms. The lowest BCUT2D eigenvalue weighted by molar-refractivity contribution is -0.129. The first kappa shape index (κ1) is 14.4. The average Bonchev–Trinajstić information content (AvgIpc) is 2.38. The third-order valence-electron chi connectivity index (χ3n) is 6.31. The largest absolute Gasteiger partial charge is 0.508 e. The molecule has 3 N–H and O–H groups in total. The molecule has 0 spiro atoms. The minimum absolute atomic E-state index is 0.0127. The van der Waals surface area contributed by atoms with E-state index in [1.807, 2.05) is 6.07 Å². The first-order chi connectivity index (χ1) is 10.5. The number of benzene rings is 1. The average molecular weight is 320 g/mol. The molecule has 1 aromatic rings. The molecule has 4 saturated carbocycles. The van der Waals surface area contributed by atoms with E-state index >= 15 is 0 Å². The maximum atomic E-state index is 11.7. The molecule has 0 aliphatic heterocycles. The van der Waals surface area contributed by atoms with Crippen molar-refractivity contribution in [3.8, 4) is 5.75 Å². The van der Waals surface area contributed by atoms with Gasteiger partial charge in [-0.15, -0.1) is 0 Å². The van der Waals surface area contributed by atoms with E-state index in [1.165, 1.54) is 19.3 Å². The van der Waals surface area contributed by atoms with Crippen LogP contribution in [0.15, 0.2) is 18.2 Å². The molecule has 1 aromatic carbocycles. The van der Waals surface area contributed by atoms with Crippen molar-refractivity contribution >= 4 is 17.5 Å². The van der Waals surface area contributed by atoms with Gasteiger partial charge in [-0.2, -0.15) is 0 Å². The fourth-order valence-electron chi connectivity index (χ4n) is 6.16. The molecule has 4 fully saturated rings. The first-order valence-electron chi connectivity index (χ1n) is 8.23. The van der Waals surface area contributed by atoms with Gasteiger partial charge in [0.25, 0.3) is 0 Å². The van der Waals surface area contributed by atoms with Crippen LogP contribution in [0.4, 0.5) is 0 Å². The predicted octanol–water partition coefficient (Wildman–Crippen LogP) is 3.83. The first-order valence-corrected chi connectivity index (χ1v) is 8.61. The van der Waals surface area contributed by atoms with Gasteiger partial charge >= 0.3 is 0 Å². The van der Waals surface area contributed by atoms with Crippen LogP contribution in [0.2, 0.25) is 5.02 Å². The lowest BCUT2D eigenvalue weighted by atomic mass is 9.43. The quantitative estimate of drug-likeness (QED) is 0.889. The number of phenolic OH excluding ortho intramolecular Hbond substituents is 1. The summed E-state index contributed by atoms with van der Waals surface area (Å²) in [5.41, 5.74) is 6.69. The van der Waals surface area contributed by atoms with Crippen molar-refractivity contribution in [2.75, 3.05) is 0 Å². The van der Waals surface area contributed by atoms with Crippen molar-refractivity contribution in [2.45, 2.75) is 44.4 Å². The van der Waals surface area contributed by atoms with Crippen LogP contribution in [0.5, 0.6) is 5.75 Å². The van der Waals surface area contributed by atoms with Gasteiger partial charge in [0.15, 0.2) is 0 Å². The Hall–Kier alpha value is -1.22. The molecule has 3 unspecified atom stereocenters. The Labute approximate surface area is 135 Å². The van der Waals surface area contributed by atoms with Crippen LogP contribution in [0.1, 0.15) is 50.0 Å². The number of carbonyl (C=O) groups is 1. The monoisotopic (exact) mass is 319 g/mol. The van der Waals surface area contributed by atoms with Gasteiger partial charge in [0.05, 0.1) is 0 Å². The summed E-state index contributed by atoms with van der Waals surface area (Å²) >= 11 is 6.44. The number of aromatic hydroxyl groups is 1. The van der Waals surface area contributed by atoms with Gasteiger partial charge < -0.3 is 10.8 Å². The number of rotatable bonds is 3. The molecule has 4 heteroatoms. The van der Waals surface area contributed by atoms with Crippen LogP contribution in [-0.2, 0) is 4.79 Å². The van der Waals surface area contributed by atoms with E-state index in [2.05, 4.69) is 0 Å². The molecule has 3 nitrogen and oxygen atoms in total. The summed E-state index contributed by atoms with van der Waals surface area (Å²) in [6.07, 6.45) is 6.50. The molecule has 1 amide bonds. The van der Waals surface area contributed by atoms with Crippen molar-refractivity contribution in [1.82, 2.24) is 0 Å². The maximum Gasteiger partial charge on any atom is 0.217 e. The fourth-order valence-corrected chi connectivity index (χ4v) is 6.45. The molecule has 0 saturated heterocycles. The normalized spacial score (nSPS) is 39.1. The molecule has 4 aliphatic carbocycles. The van der Waals surface area contributed by atoms with E-state index in [-0.39, 0.29) is 17.1 Å². The highest BCUT2D eigenvalue weighted by Crippen LogP contribution is 2.67. The van der Waals surface area contributed by atoms with Gasteiger partial charge in [-0.25, -0.2) is 0 Å². The molecule has 0 heterocycles. The second-order valence-corrected chi connectivity index (χ2v) is 8.20. The zero-order chi connectivity index (χ0) is 15.5. The summed E-state index contributed by atoms with van der Waals surface area (Å²) in [6, 6.07) is 5.29. The van der Waals surface area contributed by atoms with E-state index in [4.69, 9.17) is 17.3 Å². The highest BCUT2D eigenvalue weighted by molar-refractivity contribution is 6.31. The van der Waals surface area contributed by atoms with E-state index in [0.29, 0.717) is 23.3 Å². The Kier molecular flexibility index (Phi) is 3.19. The summed E-state index contributed by atoms with van der Waals surface area (Å²) < 4.78 is 0. The Bertz CT molecular complexity index is 616. The van der Waals surface area contributed by atoms with E-state index < -0.39 is 0 Å². The Balaban J connectivity index is 1.80. The minimum Gasteiger partial charge on any atom is -0.508 e.